The van der Waals surface area contributed by atoms with Crippen molar-refractivity contribution in [3.05, 3.63) is 35.4 Å². The number of nitrogens with one attached hydrogen (secondary N) is 1. The Bertz CT molecular complexity index is 450. The minimum atomic E-state index is 0.107. The quantitative estimate of drug-likeness (QED) is 0.819. The van der Waals surface area contributed by atoms with Crippen LogP contribution in [-0.2, 0) is 11.3 Å². The number of carbonyl (C=O) groups excluding carboxylic acids is 1. The lowest BCUT2D eigenvalue weighted by molar-refractivity contribution is -0.130. The van der Waals surface area contributed by atoms with E-state index < -0.39 is 0 Å². The summed E-state index contributed by atoms with van der Waals surface area (Å²) in [6.07, 6.45) is 0.959. The van der Waals surface area contributed by atoms with Gasteiger partial charge < -0.3 is 10.2 Å². The maximum atomic E-state index is 11.8. The van der Waals surface area contributed by atoms with Gasteiger partial charge in [-0.25, -0.2) is 0 Å². The van der Waals surface area contributed by atoms with Crippen LogP contribution in [0.1, 0.15) is 17.5 Å². The molecule has 1 amide bonds. The maximum Gasteiger partial charge on any atom is 0.236 e. The molecule has 0 spiro atoms. The van der Waals surface area contributed by atoms with Gasteiger partial charge in [0.25, 0.3) is 0 Å². The van der Waals surface area contributed by atoms with Gasteiger partial charge in [-0.2, -0.15) is 5.26 Å². The molecule has 0 aliphatic carbocycles. The average molecular weight is 229 g/mol. The molecule has 0 bridgehead atoms. The first-order valence-corrected chi connectivity index (χ1v) is 5.78. The van der Waals surface area contributed by atoms with Crippen LogP contribution in [-0.4, -0.2) is 30.4 Å². The first-order valence-electron chi connectivity index (χ1n) is 5.78. The molecule has 0 aromatic heterocycles. The molecule has 1 fully saturated rings. The summed E-state index contributed by atoms with van der Waals surface area (Å²) >= 11 is 0. The Hall–Kier alpha value is -1.86. The van der Waals surface area contributed by atoms with Crippen molar-refractivity contribution < 1.29 is 4.79 Å². The van der Waals surface area contributed by atoms with Gasteiger partial charge in [0, 0.05) is 13.1 Å². The van der Waals surface area contributed by atoms with Crippen LogP contribution in [0.15, 0.2) is 24.3 Å². The van der Waals surface area contributed by atoms with Crippen molar-refractivity contribution in [2.75, 3.05) is 19.6 Å². The van der Waals surface area contributed by atoms with Crippen molar-refractivity contribution in [1.29, 1.82) is 5.26 Å². The van der Waals surface area contributed by atoms with E-state index in [1.165, 1.54) is 0 Å². The van der Waals surface area contributed by atoms with Crippen molar-refractivity contribution in [3.63, 3.8) is 0 Å². The molecule has 4 heteroatoms. The number of nitrogens with zero attached hydrogens (tertiary/aromatic N) is 2. The molecule has 1 aliphatic rings. The van der Waals surface area contributed by atoms with Gasteiger partial charge in [-0.05, 0) is 24.6 Å². The molecule has 1 saturated heterocycles. The monoisotopic (exact) mass is 229 g/mol. The fraction of sp³-hybridized carbons (Fsp3) is 0.385. The number of rotatable bonds is 2. The Labute approximate surface area is 101 Å². The second-order valence-electron chi connectivity index (χ2n) is 4.11. The summed E-state index contributed by atoms with van der Waals surface area (Å²) in [5.41, 5.74) is 1.57. The fourth-order valence-corrected chi connectivity index (χ4v) is 1.97. The van der Waals surface area contributed by atoms with Crippen molar-refractivity contribution in [3.8, 4) is 6.07 Å². The van der Waals surface area contributed by atoms with Gasteiger partial charge in [-0.3, -0.25) is 4.79 Å². The maximum absolute atomic E-state index is 11.8. The zero-order valence-electron chi connectivity index (χ0n) is 9.65. The highest BCUT2D eigenvalue weighted by atomic mass is 16.2. The first kappa shape index (κ1) is 11.6. The first-order chi connectivity index (χ1) is 8.31. The van der Waals surface area contributed by atoms with Crippen LogP contribution in [0.5, 0.6) is 0 Å². The van der Waals surface area contributed by atoms with Crippen LogP contribution < -0.4 is 5.32 Å². The van der Waals surface area contributed by atoms with Crippen molar-refractivity contribution in [1.82, 2.24) is 10.2 Å². The third kappa shape index (κ3) is 2.83. The Balaban J connectivity index is 2.14. The van der Waals surface area contributed by atoms with E-state index in [-0.39, 0.29) is 5.91 Å². The molecular formula is C13H15N3O. The van der Waals surface area contributed by atoms with Crippen LogP contribution in [0.4, 0.5) is 0 Å². The molecule has 88 valence electrons. The highest BCUT2D eigenvalue weighted by Gasteiger charge is 2.17. The van der Waals surface area contributed by atoms with E-state index in [2.05, 4.69) is 11.4 Å². The minimum absolute atomic E-state index is 0.107. The number of amides is 1. The van der Waals surface area contributed by atoms with Gasteiger partial charge in [-0.1, -0.05) is 18.2 Å². The van der Waals surface area contributed by atoms with Crippen LogP contribution in [0, 0.1) is 11.3 Å². The molecule has 4 nitrogen and oxygen atoms in total. The zero-order chi connectivity index (χ0) is 12.1. The predicted molar refractivity (Wildman–Crippen MR) is 64.1 cm³/mol. The summed E-state index contributed by atoms with van der Waals surface area (Å²) in [4.78, 5) is 13.6. The van der Waals surface area contributed by atoms with E-state index >= 15 is 0 Å². The van der Waals surface area contributed by atoms with Crippen molar-refractivity contribution >= 4 is 5.91 Å². The Morgan fingerprint density at radius 2 is 2.24 bits per heavy atom. The Morgan fingerprint density at radius 3 is 3.06 bits per heavy atom. The number of hydrogen-bond donors (Lipinski definition) is 1. The fourth-order valence-electron chi connectivity index (χ4n) is 1.97. The van der Waals surface area contributed by atoms with E-state index in [0.717, 1.165) is 25.1 Å². The highest BCUT2D eigenvalue weighted by Crippen LogP contribution is 2.11. The normalized spacial score (nSPS) is 16.4. The standard InChI is InChI=1S/C13H15N3O/c14-8-11-4-1-2-5-12(11)10-16-7-3-6-15-9-13(16)17/h1-2,4-5,15H,3,6-7,9-10H2. The van der Waals surface area contributed by atoms with E-state index in [1.807, 2.05) is 23.1 Å². The van der Waals surface area contributed by atoms with E-state index in [1.54, 1.807) is 6.07 Å². The molecule has 0 atom stereocenters. The van der Waals surface area contributed by atoms with Crippen LogP contribution in [0.2, 0.25) is 0 Å². The Kier molecular flexibility index (Phi) is 3.73. The molecule has 1 aromatic rings. The highest BCUT2D eigenvalue weighted by molar-refractivity contribution is 5.78. The number of benzene rings is 1. The second kappa shape index (κ2) is 5.46. The molecule has 0 unspecified atom stereocenters. The molecular weight excluding hydrogens is 214 g/mol. The minimum Gasteiger partial charge on any atom is -0.337 e. The van der Waals surface area contributed by atoms with Crippen LogP contribution >= 0.6 is 0 Å². The summed E-state index contributed by atoms with van der Waals surface area (Å²) in [6.45, 7) is 2.56. The van der Waals surface area contributed by atoms with E-state index in [0.29, 0.717) is 18.7 Å². The van der Waals surface area contributed by atoms with Gasteiger partial charge in [-0.15, -0.1) is 0 Å². The number of hydrogen-bond acceptors (Lipinski definition) is 3. The largest absolute Gasteiger partial charge is 0.337 e. The lowest BCUT2D eigenvalue weighted by Crippen LogP contribution is -2.34. The number of nitriles is 1. The predicted octanol–water partition coefficient (Wildman–Crippen LogP) is 0.880. The van der Waals surface area contributed by atoms with Crippen LogP contribution in [0.3, 0.4) is 0 Å². The van der Waals surface area contributed by atoms with Gasteiger partial charge in [0.05, 0.1) is 18.2 Å². The molecule has 1 aromatic carbocycles. The lowest BCUT2D eigenvalue weighted by atomic mass is 10.1. The smallest absolute Gasteiger partial charge is 0.236 e. The average Bonchev–Trinajstić information content (AvgIpc) is 2.56. The van der Waals surface area contributed by atoms with Crippen molar-refractivity contribution in [2.24, 2.45) is 0 Å². The third-order valence-electron chi connectivity index (χ3n) is 2.91. The molecule has 1 N–H and O–H groups in total. The third-order valence-corrected chi connectivity index (χ3v) is 2.91. The SMILES string of the molecule is N#Cc1ccccc1CN1CCCNCC1=O. The summed E-state index contributed by atoms with van der Waals surface area (Å²) in [5.74, 6) is 0.107. The molecule has 17 heavy (non-hydrogen) atoms. The van der Waals surface area contributed by atoms with Crippen molar-refractivity contribution in [2.45, 2.75) is 13.0 Å². The van der Waals surface area contributed by atoms with Crippen LogP contribution in [0.25, 0.3) is 0 Å². The van der Waals surface area contributed by atoms with Gasteiger partial charge in [0.2, 0.25) is 5.91 Å². The summed E-state index contributed by atoms with van der Waals surface area (Å²) < 4.78 is 0. The summed E-state index contributed by atoms with van der Waals surface area (Å²) in [5, 5.41) is 12.1. The topological polar surface area (TPSA) is 56.1 Å². The van der Waals surface area contributed by atoms with E-state index in [9.17, 15) is 4.79 Å². The lowest BCUT2D eigenvalue weighted by Gasteiger charge is -2.20. The van der Waals surface area contributed by atoms with Gasteiger partial charge in [0.15, 0.2) is 0 Å². The molecule has 1 aliphatic heterocycles. The van der Waals surface area contributed by atoms with E-state index in [4.69, 9.17) is 5.26 Å². The molecule has 0 saturated carbocycles. The van der Waals surface area contributed by atoms with Gasteiger partial charge >= 0.3 is 0 Å². The zero-order valence-corrected chi connectivity index (χ0v) is 9.65. The molecule has 2 rings (SSSR count). The Morgan fingerprint density at radius 1 is 1.41 bits per heavy atom. The summed E-state index contributed by atoms with van der Waals surface area (Å²) in [7, 11) is 0. The van der Waals surface area contributed by atoms with Gasteiger partial charge in [0.1, 0.15) is 0 Å². The molecule has 0 radical (unpaired) electrons. The second-order valence-corrected chi connectivity index (χ2v) is 4.11. The summed E-state index contributed by atoms with van der Waals surface area (Å²) in [6, 6.07) is 9.60. The molecule has 1 heterocycles. The number of carbonyl (C=O) groups is 1.